The first-order valence-electron chi connectivity index (χ1n) is 4.42. The maximum atomic E-state index is 9.69. The fourth-order valence-corrected chi connectivity index (χ4v) is 2.00. The Bertz CT molecular complexity index is 147. The van der Waals surface area contributed by atoms with E-state index in [0.29, 0.717) is 5.41 Å². The molecule has 64 valence electrons. The monoisotopic (exact) mass is 156 g/mol. The summed E-state index contributed by atoms with van der Waals surface area (Å²) in [7, 11) is 0. The molecule has 2 rings (SSSR count). The molecule has 2 heteroatoms. The summed E-state index contributed by atoms with van der Waals surface area (Å²) in [5, 5.41) is 9.69. The predicted molar refractivity (Wildman–Crippen MR) is 42.3 cm³/mol. The largest absolute Gasteiger partial charge is 0.390 e. The second kappa shape index (κ2) is 2.20. The average molecular weight is 156 g/mol. The minimum atomic E-state index is -0.388. The van der Waals surface area contributed by atoms with E-state index in [9.17, 15) is 5.11 Å². The van der Waals surface area contributed by atoms with Crippen molar-refractivity contribution in [1.82, 2.24) is 0 Å². The Hall–Kier alpha value is -0.0800. The number of hydrogen-bond acceptors (Lipinski definition) is 2. The molecule has 2 fully saturated rings. The SMILES string of the molecule is CC1(O)CCC2(CC1)COC2. The first kappa shape index (κ1) is 7.56. The van der Waals surface area contributed by atoms with Crippen LogP contribution in [-0.2, 0) is 4.74 Å². The Labute approximate surface area is 67.6 Å². The molecule has 11 heavy (non-hydrogen) atoms. The van der Waals surface area contributed by atoms with Crippen LogP contribution in [0.25, 0.3) is 0 Å². The zero-order valence-corrected chi connectivity index (χ0v) is 7.10. The highest BCUT2D eigenvalue weighted by Crippen LogP contribution is 2.45. The molecule has 0 amide bonds. The minimum absolute atomic E-state index is 0.388. The molecular formula is C9H16O2. The second-order valence-electron chi connectivity index (χ2n) is 4.49. The van der Waals surface area contributed by atoms with Crippen LogP contribution < -0.4 is 0 Å². The first-order valence-corrected chi connectivity index (χ1v) is 4.42. The van der Waals surface area contributed by atoms with Crippen LogP contribution >= 0.6 is 0 Å². The lowest BCUT2D eigenvalue weighted by atomic mass is 9.68. The summed E-state index contributed by atoms with van der Waals surface area (Å²) in [6.45, 7) is 3.81. The summed E-state index contributed by atoms with van der Waals surface area (Å²) >= 11 is 0. The molecule has 0 unspecified atom stereocenters. The van der Waals surface area contributed by atoms with Crippen LogP contribution in [0, 0.1) is 5.41 Å². The van der Waals surface area contributed by atoms with E-state index >= 15 is 0 Å². The number of ether oxygens (including phenoxy) is 1. The Morgan fingerprint density at radius 2 is 1.64 bits per heavy atom. The van der Waals surface area contributed by atoms with Gasteiger partial charge in [0.2, 0.25) is 0 Å². The highest BCUT2D eigenvalue weighted by molar-refractivity contribution is 4.94. The van der Waals surface area contributed by atoms with Gasteiger partial charge in [-0.2, -0.15) is 0 Å². The predicted octanol–water partition coefficient (Wildman–Crippen LogP) is 1.33. The van der Waals surface area contributed by atoms with E-state index < -0.39 is 0 Å². The fraction of sp³-hybridized carbons (Fsp3) is 1.00. The number of rotatable bonds is 0. The molecule has 2 aliphatic rings. The number of hydrogen-bond donors (Lipinski definition) is 1. The lowest BCUT2D eigenvalue weighted by Gasteiger charge is -2.48. The summed E-state index contributed by atoms with van der Waals surface area (Å²) in [6, 6.07) is 0. The summed E-state index contributed by atoms with van der Waals surface area (Å²) in [6.07, 6.45) is 4.22. The van der Waals surface area contributed by atoms with Gasteiger partial charge in [-0.15, -0.1) is 0 Å². The normalized spacial score (nSPS) is 33.3. The van der Waals surface area contributed by atoms with Crippen molar-refractivity contribution in [3.8, 4) is 0 Å². The molecule has 2 nitrogen and oxygen atoms in total. The molecule has 1 aliphatic heterocycles. The Morgan fingerprint density at radius 3 is 2.00 bits per heavy atom. The van der Waals surface area contributed by atoms with Gasteiger partial charge in [0, 0.05) is 5.41 Å². The third kappa shape index (κ3) is 1.30. The van der Waals surface area contributed by atoms with Gasteiger partial charge >= 0.3 is 0 Å². The summed E-state index contributed by atoms with van der Waals surface area (Å²) in [5.74, 6) is 0. The van der Waals surface area contributed by atoms with E-state index in [0.717, 1.165) is 38.9 Å². The molecule has 1 N–H and O–H groups in total. The van der Waals surface area contributed by atoms with Gasteiger partial charge in [0.05, 0.1) is 18.8 Å². The van der Waals surface area contributed by atoms with E-state index in [-0.39, 0.29) is 5.60 Å². The Balaban J connectivity index is 1.94. The molecule has 1 aliphatic carbocycles. The van der Waals surface area contributed by atoms with E-state index in [1.807, 2.05) is 6.92 Å². The maximum Gasteiger partial charge on any atom is 0.0620 e. The standard InChI is InChI=1S/C9H16O2/c1-8(10)2-4-9(5-3-8)6-11-7-9/h10H,2-7H2,1H3. The van der Waals surface area contributed by atoms with Crippen LogP contribution in [0.3, 0.4) is 0 Å². The second-order valence-corrected chi connectivity index (χ2v) is 4.49. The van der Waals surface area contributed by atoms with E-state index in [1.54, 1.807) is 0 Å². The lowest BCUT2D eigenvalue weighted by Crippen LogP contribution is -2.48. The molecule has 1 saturated carbocycles. The van der Waals surface area contributed by atoms with Gasteiger partial charge in [0.25, 0.3) is 0 Å². The molecular weight excluding hydrogens is 140 g/mol. The molecule has 1 heterocycles. The highest BCUT2D eigenvalue weighted by Gasteiger charge is 2.44. The molecule has 1 spiro atoms. The molecule has 0 radical (unpaired) electrons. The quantitative estimate of drug-likeness (QED) is 0.573. The van der Waals surface area contributed by atoms with E-state index in [4.69, 9.17) is 4.74 Å². The van der Waals surface area contributed by atoms with Gasteiger partial charge in [0.1, 0.15) is 0 Å². The van der Waals surface area contributed by atoms with Crippen molar-refractivity contribution >= 4 is 0 Å². The van der Waals surface area contributed by atoms with Gasteiger partial charge in [0.15, 0.2) is 0 Å². The van der Waals surface area contributed by atoms with Gasteiger partial charge < -0.3 is 9.84 Å². The molecule has 0 aromatic carbocycles. The summed E-state index contributed by atoms with van der Waals surface area (Å²) in [5.41, 5.74) is 0.0864. The zero-order chi connectivity index (χ0) is 7.95. The van der Waals surface area contributed by atoms with Gasteiger partial charge in [-0.1, -0.05) is 0 Å². The Morgan fingerprint density at radius 1 is 1.09 bits per heavy atom. The molecule has 0 bridgehead atoms. The third-order valence-electron chi connectivity index (χ3n) is 3.20. The first-order chi connectivity index (χ1) is 5.12. The van der Waals surface area contributed by atoms with Crippen molar-refractivity contribution in [3.63, 3.8) is 0 Å². The Kier molecular flexibility index (Phi) is 1.52. The van der Waals surface area contributed by atoms with Gasteiger partial charge in [-0.3, -0.25) is 0 Å². The fourth-order valence-electron chi connectivity index (χ4n) is 2.00. The molecule has 0 aromatic rings. The van der Waals surface area contributed by atoms with Gasteiger partial charge in [-0.25, -0.2) is 0 Å². The van der Waals surface area contributed by atoms with Crippen molar-refractivity contribution in [3.05, 3.63) is 0 Å². The molecule has 1 saturated heterocycles. The van der Waals surface area contributed by atoms with Crippen LogP contribution in [0.15, 0.2) is 0 Å². The van der Waals surface area contributed by atoms with Crippen LogP contribution in [0.5, 0.6) is 0 Å². The lowest BCUT2D eigenvalue weighted by molar-refractivity contribution is -0.156. The topological polar surface area (TPSA) is 29.5 Å². The van der Waals surface area contributed by atoms with Crippen molar-refractivity contribution in [2.45, 2.75) is 38.2 Å². The highest BCUT2D eigenvalue weighted by atomic mass is 16.5. The molecule has 0 atom stereocenters. The van der Waals surface area contributed by atoms with Crippen LogP contribution in [0.1, 0.15) is 32.6 Å². The van der Waals surface area contributed by atoms with Crippen molar-refractivity contribution in [2.24, 2.45) is 5.41 Å². The third-order valence-corrected chi connectivity index (χ3v) is 3.20. The van der Waals surface area contributed by atoms with Gasteiger partial charge in [-0.05, 0) is 32.6 Å². The van der Waals surface area contributed by atoms with Crippen LogP contribution in [0.4, 0.5) is 0 Å². The smallest absolute Gasteiger partial charge is 0.0620 e. The van der Waals surface area contributed by atoms with E-state index in [2.05, 4.69) is 0 Å². The van der Waals surface area contributed by atoms with E-state index in [1.165, 1.54) is 0 Å². The van der Waals surface area contributed by atoms with Crippen molar-refractivity contribution < 1.29 is 9.84 Å². The minimum Gasteiger partial charge on any atom is -0.390 e. The summed E-state index contributed by atoms with van der Waals surface area (Å²) < 4.78 is 5.20. The van der Waals surface area contributed by atoms with Crippen molar-refractivity contribution in [1.29, 1.82) is 0 Å². The zero-order valence-electron chi connectivity index (χ0n) is 7.10. The van der Waals surface area contributed by atoms with Crippen molar-refractivity contribution in [2.75, 3.05) is 13.2 Å². The summed E-state index contributed by atoms with van der Waals surface area (Å²) in [4.78, 5) is 0. The maximum absolute atomic E-state index is 9.69. The molecule has 0 aromatic heterocycles. The van der Waals surface area contributed by atoms with Crippen LogP contribution in [0.2, 0.25) is 0 Å². The van der Waals surface area contributed by atoms with Crippen LogP contribution in [-0.4, -0.2) is 23.9 Å². The average Bonchev–Trinajstić information content (AvgIpc) is 1.84. The number of aliphatic hydroxyl groups is 1.